The Labute approximate surface area is 55.5 Å². The van der Waals surface area contributed by atoms with Crippen LogP contribution in [0.5, 0.6) is 0 Å². The zero-order valence-corrected chi connectivity index (χ0v) is 4.93. The zero-order valence-electron chi connectivity index (χ0n) is 4.93. The largest absolute Gasteiger partial charge is 0.338 e. The van der Waals surface area contributed by atoms with E-state index in [9.17, 15) is 14.0 Å². The monoisotopic (exact) mass is 141 g/mol. The number of aldehydes is 1. The van der Waals surface area contributed by atoms with Gasteiger partial charge in [-0.2, -0.15) is 4.39 Å². The smallest absolute Gasteiger partial charge is 0.205 e. The van der Waals surface area contributed by atoms with Crippen molar-refractivity contribution in [2.75, 3.05) is 0 Å². The van der Waals surface area contributed by atoms with Crippen LogP contribution in [0.4, 0.5) is 4.39 Å². The number of pyridine rings is 1. The molecule has 1 aromatic rings. The fourth-order valence-corrected chi connectivity index (χ4v) is 0.576. The second-order valence-corrected chi connectivity index (χ2v) is 1.69. The minimum Gasteiger partial charge on any atom is -0.338 e. The zero-order chi connectivity index (χ0) is 7.56. The van der Waals surface area contributed by atoms with Gasteiger partial charge >= 0.3 is 0 Å². The molecule has 1 aromatic heterocycles. The van der Waals surface area contributed by atoms with Gasteiger partial charge in [0.05, 0.1) is 0 Å². The van der Waals surface area contributed by atoms with Crippen LogP contribution in [0.2, 0.25) is 0 Å². The molecule has 1 N–H and O–H groups in total. The van der Waals surface area contributed by atoms with Crippen LogP contribution in [-0.2, 0) is 0 Å². The lowest BCUT2D eigenvalue weighted by molar-refractivity contribution is 0.111. The molecule has 0 aliphatic carbocycles. The Morgan fingerprint density at radius 2 is 2.30 bits per heavy atom. The van der Waals surface area contributed by atoms with Crippen LogP contribution in [0.15, 0.2) is 17.1 Å². The summed E-state index contributed by atoms with van der Waals surface area (Å²) < 4.78 is 12.4. The van der Waals surface area contributed by atoms with E-state index >= 15 is 0 Å². The molecule has 0 amide bonds. The number of aromatic amines is 1. The fraction of sp³-hybridized carbons (Fsp3) is 0. The first-order valence-electron chi connectivity index (χ1n) is 2.58. The van der Waals surface area contributed by atoms with Gasteiger partial charge in [-0.1, -0.05) is 0 Å². The fourth-order valence-electron chi connectivity index (χ4n) is 0.576. The highest BCUT2D eigenvalue weighted by Gasteiger charge is 2.02. The average Bonchev–Trinajstić information content (AvgIpc) is 1.88. The molecule has 1 rings (SSSR count). The number of carbonyl (C=O) groups excluding carboxylic acids is 1. The molecule has 52 valence electrons. The summed E-state index contributed by atoms with van der Waals surface area (Å²) in [4.78, 5) is 22.7. The third-order valence-electron chi connectivity index (χ3n) is 1.06. The van der Waals surface area contributed by atoms with E-state index in [0.717, 1.165) is 12.3 Å². The predicted molar refractivity (Wildman–Crippen MR) is 32.4 cm³/mol. The van der Waals surface area contributed by atoms with Crippen molar-refractivity contribution >= 4 is 6.29 Å². The third kappa shape index (κ3) is 0.953. The summed E-state index contributed by atoms with van der Waals surface area (Å²) in [6, 6.07) is 1.09. The Morgan fingerprint density at radius 3 is 2.70 bits per heavy atom. The van der Waals surface area contributed by atoms with E-state index in [1.165, 1.54) is 0 Å². The first-order chi connectivity index (χ1) is 4.75. The highest BCUT2D eigenvalue weighted by atomic mass is 19.1. The molecule has 0 fully saturated rings. The molecule has 0 unspecified atom stereocenters. The first kappa shape index (κ1) is 6.67. The molecular weight excluding hydrogens is 137 g/mol. The number of hydrogen-bond donors (Lipinski definition) is 1. The molecule has 0 saturated carbocycles. The van der Waals surface area contributed by atoms with Gasteiger partial charge in [-0.15, -0.1) is 0 Å². The minimum absolute atomic E-state index is 0.189. The molecule has 0 saturated heterocycles. The second kappa shape index (κ2) is 2.43. The molecular formula is C6H4FNO2. The number of rotatable bonds is 1. The summed E-state index contributed by atoms with van der Waals surface area (Å²) >= 11 is 0. The summed E-state index contributed by atoms with van der Waals surface area (Å²) in [6.07, 6.45) is 1.33. The van der Waals surface area contributed by atoms with Gasteiger partial charge in [0.25, 0.3) is 0 Å². The van der Waals surface area contributed by atoms with Crippen molar-refractivity contribution in [3.05, 3.63) is 34.0 Å². The number of halogens is 1. The van der Waals surface area contributed by atoms with E-state index in [2.05, 4.69) is 4.98 Å². The molecule has 3 nitrogen and oxygen atoms in total. The van der Waals surface area contributed by atoms with Crippen molar-refractivity contribution in [2.24, 2.45) is 0 Å². The predicted octanol–water partition coefficient (Wildman–Crippen LogP) is 0.326. The summed E-state index contributed by atoms with van der Waals surface area (Å²) in [7, 11) is 0. The van der Waals surface area contributed by atoms with Gasteiger partial charge in [-0.3, -0.25) is 9.59 Å². The molecule has 10 heavy (non-hydrogen) atoms. The van der Waals surface area contributed by atoms with Crippen LogP contribution in [0.1, 0.15) is 10.4 Å². The molecule has 0 bridgehead atoms. The van der Waals surface area contributed by atoms with Crippen LogP contribution in [0.3, 0.4) is 0 Å². The van der Waals surface area contributed by atoms with Gasteiger partial charge in [0, 0.05) is 12.3 Å². The summed E-state index contributed by atoms with van der Waals surface area (Å²) in [6.45, 7) is 0. The normalized spacial score (nSPS) is 9.30. The Balaban J connectivity index is 3.45. The number of hydrogen-bond acceptors (Lipinski definition) is 2. The summed E-state index contributed by atoms with van der Waals surface area (Å²) in [5, 5.41) is 0. The number of carbonyl (C=O) groups is 1. The van der Waals surface area contributed by atoms with Gasteiger partial charge in [-0.25, -0.2) is 0 Å². The maximum atomic E-state index is 12.4. The molecule has 0 atom stereocenters. The number of nitrogens with one attached hydrogen (secondary N) is 1. The van der Waals surface area contributed by atoms with Crippen molar-refractivity contribution in [1.29, 1.82) is 0 Å². The first-order valence-corrected chi connectivity index (χ1v) is 2.58. The lowest BCUT2D eigenvalue weighted by Gasteiger charge is -1.89. The molecule has 0 radical (unpaired) electrons. The van der Waals surface area contributed by atoms with Crippen LogP contribution in [0, 0.1) is 5.95 Å². The maximum absolute atomic E-state index is 12.4. The van der Waals surface area contributed by atoms with Gasteiger partial charge < -0.3 is 4.98 Å². The van der Waals surface area contributed by atoms with Crippen molar-refractivity contribution < 1.29 is 9.18 Å². The lowest BCUT2D eigenvalue weighted by Crippen LogP contribution is -2.09. The Kier molecular flexibility index (Phi) is 1.62. The molecule has 0 spiro atoms. The summed E-state index contributed by atoms with van der Waals surface area (Å²) in [5.41, 5.74) is -1.06. The molecule has 4 heteroatoms. The van der Waals surface area contributed by atoms with Crippen molar-refractivity contribution in [3.8, 4) is 0 Å². The van der Waals surface area contributed by atoms with E-state index < -0.39 is 16.9 Å². The minimum atomic E-state index is -0.887. The molecule has 0 aromatic carbocycles. The quantitative estimate of drug-likeness (QED) is 0.452. The van der Waals surface area contributed by atoms with E-state index in [0.29, 0.717) is 0 Å². The van der Waals surface area contributed by atoms with E-state index in [1.54, 1.807) is 0 Å². The standard InChI is InChI=1S/C6H4FNO2/c7-6-4(3-9)5(10)1-2-8-6/h1-3H,(H,8,10). The highest BCUT2D eigenvalue weighted by molar-refractivity contribution is 5.74. The van der Waals surface area contributed by atoms with Gasteiger partial charge in [0.15, 0.2) is 11.7 Å². The van der Waals surface area contributed by atoms with Crippen LogP contribution in [0.25, 0.3) is 0 Å². The van der Waals surface area contributed by atoms with Crippen molar-refractivity contribution in [3.63, 3.8) is 0 Å². The van der Waals surface area contributed by atoms with E-state index in [4.69, 9.17) is 0 Å². The van der Waals surface area contributed by atoms with E-state index in [1.807, 2.05) is 0 Å². The molecule has 0 aliphatic heterocycles. The Bertz CT molecular complexity index is 305. The van der Waals surface area contributed by atoms with Crippen molar-refractivity contribution in [2.45, 2.75) is 0 Å². The molecule has 0 aliphatic rings. The van der Waals surface area contributed by atoms with Crippen LogP contribution in [-0.4, -0.2) is 11.3 Å². The highest BCUT2D eigenvalue weighted by Crippen LogP contribution is 1.91. The average molecular weight is 141 g/mol. The van der Waals surface area contributed by atoms with Crippen LogP contribution >= 0.6 is 0 Å². The second-order valence-electron chi connectivity index (χ2n) is 1.69. The maximum Gasteiger partial charge on any atom is 0.205 e. The third-order valence-corrected chi connectivity index (χ3v) is 1.06. The number of H-pyrrole nitrogens is 1. The van der Waals surface area contributed by atoms with Crippen molar-refractivity contribution in [1.82, 2.24) is 4.98 Å². The van der Waals surface area contributed by atoms with Gasteiger partial charge in [0.2, 0.25) is 5.95 Å². The lowest BCUT2D eigenvalue weighted by atomic mass is 10.3. The topological polar surface area (TPSA) is 49.9 Å². The van der Waals surface area contributed by atoms with Gasteiger partial charge in [-0.05, 0) is 0 Å². The van der Waals surface area contributed by atoms with Crippen LogP contribution < -0.4 is 5.43 Å². The van der Waals surface area contributed by atoms with Gasteiger partial charge in [0.1, 0.15) is 5.56 Å². The summed E-state index contributed by atoms with van der Waals surface area (Å²) in [5.74, 6) is -0.887. The number of aromatic nitrogens is 1. The van der Waals surface area contributed by atoms with E-state index in [-0.39, 0.29) is 6.29 Å². The Morgan fingerprint density at radius 1 is 1.60 bits per heavy atom. The Hall–Kier alpha value is -1.45. The SMILES string of the molecule is O=Cc1c(F)[nH]ccc1=O. The molecule has 1 heterocycles.